The largest absolute Gasteiger partial charge is 0.481 e. The van der Waals surface area contributed by atoms with Crippen molar-refractivity contribution in [3.05, 3.63) is 0 Å². The summed E-state index contributed by atoms with van der Waals surface area (Å²) >= 11 is 0. The number of hydrogen-bond acceptors (Lipinski definition) is 3. The number of amides is 1. The van der Waals surface area contributed by atoms with E-state index in [9.17, 15) is 9.59 Å². The molecule has 1 saturated carbocycles. The van der Waals surface area contributed by atoms with Crippen molar-refractivity contribution in [2.45, 2.75) is 44.8 Å². The molecular weight excluding hydrogens is 198 g/mol. The minimum absolute atomic E-state index is 0.0606. The van der Waals surface area contributed by atoms with Crippen LogP contribution in [0.3, 0.4) is 0 Å². The number of ether oxygens (including phenoxy) is 1. The fourth-order valence-corrected chi connectivity index (χ4v) is 1.58. The van der Waals surface area contributed by atoms with Crippen molar-refractivity contribution >= 4 is 11.9 Å². The van der Waals surface area contributed by atoms with Gasteiger partial charge < -0.3 is 15.2 Å². The van der Waals surface area contributed by atoms with Gasteiger partial charge in [0.05, 0.1) is 12.5 Å². The van der Waals surface area contributed by atoms with Crippen LogP contribution in [0, 0.1) is 0 Å². The Kier molecular flexibility index (Phi) is 4.55. The van der Waals surface area contributed by atoms with E-state index in [1.165, 1.54) is 0 Å². The molecule has 5 nitrogen and oxygen atoms in total. The lowest BCUT2D eigenvalue weighted by Gasteiger charge is -2.35. The zero-order valence-corrected chi connectivity index (χ0v) is 8.86. The Balaban J connectivity index is 2.06. The molecule has 0 aromatic heterocycles. The normalized spacial score (nSPS) is 24.3. The molecule has 5 heteroatoms. The maximum absolute atomic E-state index is 11.2. The van der Waals surface area contributed by atoms with Gasteiger partial charge in [-0.15, -0.1) is 0 Å². The molecule has 1 amide bonds. The van der Waals surface area contributed by atoms with Crippen molar-refractivity contribution in [2.24, 2.45) is 0 Å². The summed E-state index contributed by atoms with van der Waals surface area (Å²) < 4.78 is 5.34. The molecule has 1 rings (SSSR count). The Morgan fingerprint density at radius 2 is 2.07 bits per heavy atom. The third-order valence-corrected chi connectivity index (χ3v) is 2.43. The van der Waals surface area contributed by atoms with Gasteiger partial charge in [0.1, 0.15) is 0 Å². The van der Waals surface area contributed by atoms with E-state index in [1.807, 2.05) is 6.92 Å². The molecule has 1 aliphatic carbocycles. The molecule has 0 aromatic rings. The van der Waals surface area contributed by atoms with Crippen LogP contribution in [-0.2, 0) is 14.3 Å². The van der Waals surface area contributed by atoms with E-state index in [0.717, 1.165) is 12.8 Å². The number of nitrogens with one attached hydrogen (secondary N) is 1. The van der Waals surface area contributed by atoms with Gasteiger partial charge in [-0.05, 0) is 19.8 Å². The monoisotopic (exact) mass is 215 g/mol. The van der Waals surface area contributed by atoms with Crippen LogP contribution in [0.2, 0.25) is 0 Å². The average molecular weight is 215 g/mol. The summed E-state index contributed by atoms with van der Waals surface area (Å²) in [6.07, 6.45) is 1.90. The molecule has 0 spiro atoms. The third-order valence-electron chi connectivity index (χ3n) is 2.43. The van der Waals surface area contributed by atoms with Gasteiger partial charge in [-0.3, -0.25) is 9.59 Å². The third kappa shape index (κ3) is 4.29. The van der Waals surface area contributed by atoms with E-state index < -0.39 is 5.97 Å². The molecule has 0 atom stereocenters. The summed E-state index contributed by atoms with van der Waals surface area (Å²) in [5, 5.41) is 11.2. The SMILES string of the molecule is CCOC1CC(NC(=O)CCC(=O)O)C1. The lowest BCUT2D eigenvalue weighted by molar-refractivity contribution is -0.139. The van der Waals surface area contributed by atoms with Crippen LogP contribution in [0.25, 0.3) is 0 Å². The van der Waals surface area contributed by atoms with E-state index in [2.05, 4.69) is 5.32 Å². The molecule has 1 fully saturated rings. The molecule has 15 heavy (non-hydrogen) atoms. The summed E-state index contributed by atoms with van der Waals surface area (Å²) in [7, 11) is 0. The summed E-state index contributed by atoms with van der Waals surface area (Å²) in [5.41, 5.74) is 0. The highest BCUT2D eigenvalue weighted by atomic mass is 16.5. The quantitative estimate of drug-likeness (QED) is 0.678. The van der Waals surface area contributed by atoms with Gasteiger partial charge >= 0.3 is 5.97 Å². The molecule has 1 aliphatic rings. The molecule has 0 unspecified atom stereocenters. The zero-order valence-electron chi connectivity index (χ0n) is 8.86. The summed E-state index contributed by atoms with van der Waals surface area (Å²) in [6.45, 7) is 2.64. The highest BCUT2D eigenvalue weighted by molar-refractivity contribution is 5.80. The second-order valence-corrected chi connectivity index (χ2v) is 3.71. The number of rotatable bonds is 6. The number of carbonyl (C=O) groups excluding carboxylic acids is 1. The highest BCUT2D eigenvalue weighted by Crippen LogP contribution is 2.23. The van der Waals surface area contributed by atoms with Crippen molar-refractivity contribution in [1.29, 1.82) is 0 Å². The predicted octanol–water partition coefficient (Wildman–Crippen LogP) is 0.535. The van der Waals surface area contributed by atoms with Crippen molar-refractivity contribution < 1.29 is 19.4 Å². The van der Waals surface area contributed by atoms with Crippen LogP contribution in [0.1, 0.15) is 32.6 Å². The van der Waals surface area contributed by atoms with Gasteiger partial charge in [0, 0.05) is 19.1 Å². The Bertz CT molecular complexity index is 236. The summed E-state index contributed by atoms with van der Waals surface area (Å²) in [6, 6.07) is 0.169. The molecular formula is C10H17NO4. The van der Waals surface area contributed by atoms with Gasteiger partial charge in [0.25, 0.3) is 0 Å². The molecule has 0 aromatic carbocycles. The van der Waals surface area contributed by atoms with Crippen LogP contribution < -0.4 is 5.32 Å². The van der Waals surface area contributed by atoms with Crippen molar-refractivity contribution in [1.82, 2.24) is 5.32 Å². The number of carbonyl (C=O) groups is 2. The molecule has 86 valence electrons. The molecule has 0 heterocycles. The van der Waals surface area contributed by atoms with Gasteiger partial charge in [-0.1, -0.05) is 0 Å². The summed E-state index contributed by atoms with van der Waals surface area (Å²) in [4.78, 5) is 21.4. The van der Waals surface area contributed by atoms with Crippen molar-refractivity contribution in [2.75, 3.05) is 6.61 Å². The van der Waals surface area contributed by atoms with Crippen molar-refractivity contribution in [3.8, 4) is 0 Å². The minimum atomic E-state index is -0.939. The van der Waals surface area contributed by atoms with Gasteiger partial charge in [-0.25, -0.2) is 0 Å². The van der Waals surface area contributed by atoms with Crippen LogP contribution >= 0.6 is 0 Å². The number of aliphatic carboxylic acids is 1. The predicted molar refractivity (Wildman–Crippen MR) is 53.4 cm³/mol. The first kappa shape index (κ1) is 12.0. The average Bonchev–Trinajstić information content (AvgIpc) is 2.11. The van der Waals surface area contributed by atoms with Crippen LogP contribution in [0.5, 0.6) is 0 Å². The smallest absolute Gasteiger partial charge is 0.303 e. The molecule has 0 saturated heterocycles. The molecule has 0 aliphatic heterocycles. The van der Waals surface area contributed by atoms with Gasteiger partial charge in [0.15, 0.2) is 0 Å². The fourth-order valence-electron chi connectivity index (χ4n) is 1.58. The maximum Gasteiger partial charge on any atom is 0.303 e. The van der Waals surface area contributed by atoms with E-state index in [0.29, 0.717) is 6.61 Å². The topological polar surface area (TPSA) is 75.6 Å². The molecule has 2 N–H and O–H groups in total. The first-order chi connectivity index (χ1) is 7.11. The zero-order chi connectivity index (χ0) is 11.3. The Morgan fingerprint density at radius 1 is 1.40 bits per heavy atom. The molecule has 0 bridgehead atoms. The lowest BCUT2D eigenvalue weighted by Crippen LogP contribution is -2.47. The molecule has 0 radical (unpaired) electrons. The van der Waals surface area contributed by atoms with E-state index in [1.54, 1.807) is 0 Å². The van der Waals surface area contributed by atoms with E-state index in [-0.39, 0.29) is 30.9 Å². The lowest BCUT2D eigenvalue weighted by atomic mass is 9.89. The maximum atomic E-state index is 11.2. The first-order valence-electron chi connectivity index (χ1n) is 5.24. The second kappa shape index (κ2) is 5.70. The Hall–Kier alpha value is -1.10. The highest BCUT2D eigenvalue weighted by Gasteiger charge is 2.30. The van der Waals surface area contributed by atoms with Crippen LogP contribution in [-0.4, -0.2) is 35.7 Å². The van der Waals surface area contributed by atoms with Crippen molar-refractivity contribution in [3.63, 3.8) is 0 Å². The standard InChI is InChI=1S/C10H17NO4/c1-2-15-8-5-7(6-8)11-9(12)3-4-10(13)14/h7-8H,2-6H2,1H3,(H,11,12)(H,13,14). The Morgan fingerprint density at radius 3 is 2.60 bits per heavy atom. The summed E-state index contributed by atoms with van der Waals surface area (Å²) in [5.74, 6) is -1.12. The van der Waals surface area contributed by atoms with Crippen LogP contribution in [0.4, 0.5) is 0 Å². The van der Waals surface area contributed by atoms with Gasteiger partial charge in [0.2, 0.25) is 5.91 Å². The first-order valence-corrected chi connectivity index (χ1v) is 5.24. The Labute approximate surface area is 88.8 Å². The van der Waals surface area contributed by atoms with Crippen LogP contribution in [0.15, 0.2) is 0 Å². The van der Waals surface area contributed by atoms with E-state index in [4.69, 9.17) is 9.84 Å². The van der Waals surface area contributed by atoms with E-state index >= 15 is 0 Å². The fraction of sp³-hybridized carbons (Fsp3) is 0.800. The number of carboxylic acids is 1. The van der Waals surface area contributed by atoms with Gasteiger partial charge in [-0.2, -0.15) is 0 Å². The second-order valence-electron chi connectivity index (χ2n) is 3.71. The number of hydrogen-bond donors (Lipinski definition) is 2. The number of carboxylic acid groups (broad SMARTS) is 1. The minimum Gasteiger partial charge on any atom is -0.481 e.